The van der Waals surface area contributed by atoms with Crippen molar-refractivity contribution in [2.24, 2.45) is 5.41 Å². The van der Waals surface area contributed by atoms with Crippen molar-refractivity contribution in [3.05, 3.63) is 57.7 Å². The van der Waals surface area contributed by atoms with Crippen LogP contribution in [-0.4, -0.2) is 54.3 Å². The van der Waals surface area contributed by atoms with Crippen LogP contribution < -0.4 is 10.2 Å². The van der Waals surface area contributed by atoms with Gasteiger partial charge >= 0.3 is 0 Å². The molecular formula is C27H34Cl2N4O2. The van der Waals surface area contributed by atoms with E-state index in [0.717, 1.165) is 51.3 Å². The van der Waals surface area contributed by atoms with Gasteiger partial charge in [0, 0.05) is 31.6 Å². The lowest BCUT2D eigenvalue weighted by atomic mass is 9.95. The summed E-state index contributed by atoms with van der Waals surface area (Å²) in [6.45, 7) is 11.8. The van der Waals surface area contributed by atoms with Gasteiger partial charge in [-0.3, -0.25) is 14.5 Å². The summed E-state index contributed by atoms with van der Waals surface area (Å²) in [6.07, 6.45) is 5.98. The van der Waals surface area contributed by atoms with Gasteiger partial charge in [0.15, 0.2) is 5.78 Å². The SMILES string of the molecule is CC(=O)c1ccc(C=CCCCN2CCN(c3cccc(Cl)c3Cl)CC2)nc1NC(=O)C(C)(C)C. The molecule has 0 bridgehead atoms. The second kappa shape index (κ2) is 12.0. The number of pyridine rings is 1. The molecule has 1 N–H and O–H groups in total. The number of nitrogens with one attached hydrogen (secondary N) is 1. The maximum atomic E-state index is 12.4. The van der Waals surface area contributed by atoms with Gasteiger partial charge in [-0.2, -0.15) is 0 Å². The lowest BCUT2D eigenvalue weighted by molar-refractivity contribution is -0.123. The molecule has 0 aliphatic carbocycles. The first-order chi connectivity index (χ1) is 16.6. The molecule has 35 heavy (non-hydrogen) atoms. The number of piperazine rings is 1. The van der Waals surface area contributed by atoms with E-state index in [-0.39, 0.29) is 11.7 Å². The summed E-state index contributed by atoms with van der Waals surface area (Å²) in [5.41, 5.74) is 1.56. The van der Waals surface area contributed by atoms with Gasteiger partial charge in [0.1, 0.15) is 5.82 Å². The lowest BCUT2D eigenvalue weighted by Gasteiger charge is -2.36. The van der Waals surface area contributed by atoms with Gasteiger partial charge in [0.05, 0.1) is 27.0 Å². The number of rotatable bonds is 8. The highest BCUT2D eigenvalue weighted by Crippen LogP contribution is 2.32. The number of ketones is 1. The Kier molecular flexibility index (Phi) is 9.34. The van der Waals surface area contributed by atoms with Gasteiger partial charge in [-0.05, 0) is 56.7 Å². The molecule has 1 aromatic heterocycles. The zero-order chi connectivity index (χ0) is 25.6. The standard InChI is InChI=1S/C27H34Cl2N4O2/c1-19(34)21-13-12-20(30-25(21)31-26(35)27(2,3)4)9-6-5-7-14-32-15-17-33(18-16-32)23-11-8-10-22(28)24(23)29/h6,8-13H,5,7,14-18H2,1-4H3,(H,30,31,35). The van der Waals surface area contributed by atoms with Crippen LogP contribution in [0, 0.1) is 5.41 Å². The fourth-order valence-corrected chi connectivity index (χ4v) is 4.24. The Morgan fingerprint density at radius 2 is 1.80 bits per heavy atom. The van der Waals surface area contributed by atoms with Crippen LogP contribution in [0.1, 0.15) is 56.6 Å². The Bertz CT molecular complexity index is 1090. The van der Waals surface area contributed by atoms with E-state index >= 15 is 0 Å². The minimum atomic E-state index is -0.576. The quantitative estimate of drug-likeness (QED) is 0.334. The number of Topliss-reactive ketones (excluding diaryl/α,β-unsaturated/α-hetero) is 1. The topological polar surface area (TPSA) is 65.5 Å². The second-order valence-corrected chi connectivity index (χ2v) is 10.6. The van der Waals surface area contributed by atoms with Crippen molar-refractivity contribution in [2.45, 2.75) is 40.5 Å². The van der Waals surface area contributed by atoms with Crippen LogP contribution in [-0.2, 0) is 4.79 Å². The molecule has 3 rings (SSSR count). The predicted molar refractivity (Wildman–Crippen MR) is 146 cm³/mol. The smallest absolute Gasteiger partial charge is 0.230 e. The first kappa shape index (κ1) is 27.2. The molecule has 1 fully saturated rings. The summed E-state index contributed by atoms with van der Waals surface area (Å²) < 4.78 is 0. The summed E-state index contributed by atoms with van der Waals surface area (Å²) in [7, 11) is 0. The molecule has 1 aliphatic rings. The summed E-state index contributed by atoms with van der Waals surface area (Å²) in [5, 5.41) is 4.02. The molecule has 0 atom stereocenters. The number of amides is 1. The van der Waals surface area contributed by atoms with Crippen LogP contribution in [0.2, 0.25) is 10.0 Å². The van der Waals surface area contributed by atoms with E-state index in [0.29, 0.717) is 27.1 Å². The van der Waals surface area contributed by atoms with Crippen LogP contribution in [0.5, 0.6) is 0 Å². The van der Waals surface area contributed by atoms with Crippen molar-refractivity contribution >= 4 is 52.5 Å². The Morgan fingerprint density at radius 1 is 1.09 bits per heavy atom. The van der Waals surface area contributed by atoms with Gasteiger partial charge in [-0.1, -0.05) is 56.1 Å². The highest BCUT2D eigenvalue weighted by Gasteiger charge is 2.23. The number of unbranched alkanes of at least 4 members (excludes halogenated alkanes) is 1. The molecule has 1 amide bonds. The van der Waals surface area contributed by atoms with E-state index in [4.69, 9.17) is 23.2 Å². The molecule has 188 valence electrons. The molecule has 0 saturated carbocycles. The maximum absolute atomic E-state index is 12.4. The average molecular weight is 518 g/mol. The Labute approximate surface area is 218 Å². The molecule has 0 spiro atoms. The number of hydrogen-bond acceptors (Lipinski definition) is 5. The van der Waals surface area contributed by atoms with Crippen molar-refractivity contribution in [3.8, 4) is 0 Å². The van der Waals surface area contributed by atoms with E-state index in [1.54, 1.807) is 12.1 Å². The van der Waals surface area contributed by atoms with Crippen LogP contribution in [0.3, 0.4) is 0 Å². The molecule has 0 radical (unpaired) electrons. The minimum absolute atomic E-state index is 0.130. The van der Waals surface area contributed by atoms with Gasteiger partial charge in [-0.25, -0.2) is 4.98 Å². The normalized spacial score (nSPS) is 15.0. The van der Waals surface area contributed by atoms with Crippen LogP contribution in [0.25, 0.3) is 6.08 Å². The highest BCUT2D eigenvalue weighted by atomic mass is 35.5. The first-order valence-corrected chi connectivity index (χ1v) is 12.7. The fourth-order valence-electron chi connectivity index (χ4n) is 3.83. The molecule has 1 saturated heterocycles. The summed E-state index contributed by atoms with van der Waals surface area (Å²) >= 11 is 12.5. The second-order valence-electron chi connectivity index (χ2n) is 9.84. The molecule has 0 unspecified atom stereocenters. The molecule has 2 aromatic rings. The summed E-state index contributed by atoms with van der Waals surface area (Å²) in [4.78, 5) is 33.6. The Morgan fingerprint density at radius 3 is 2.46 bits per heavy atom. The summed E-state index contributed by atoms with van der Waals surface area (Å²) in [5.74, 6) is 0.0126. The van der Waals surface area contributed by atoms with Crippen molar-refractivity contribution in [1.29, 1.82) is 0 Å². The summed E-state index contributed by atoms with van der Waals surface area (Å²) in [6, 6.07) is 9.30. The molecule has 2 heterocycles. The number of benzene rings is 1. The number of anilines is 2. The van der Waals surface area contributed by atoms with Gasteiger partial charge < -0.3 is 10.2 Å². The van der Waals surface area contributed by atoms with Gasteiger partial charge in [0.25, 0.3) is 0 Å². The third-order valence-electron chi connectivity index (χ3n) is 5.99. The van der Waals surface area contributed by atoms with E-state index in [1.807, 2.05) is 45.0 Å². The highest BCUT2D eigenvalue weighted by molar-refractivity contribution is 6.43. The number of nitrogens with zero attached hydrogens (tertiary/aromatic N) is 3. The zero-order valence-electron chi connectivity index (χ0n) is 20.9. The van der Waals surface area contributed by atoms with Gasteiger partial charge in [-0.15, -0.1) is 0 Å². The fraction of sp³-hybridized carbons (Fsp3) is 0.444. The van der Waals surface area contributed by atoms with Crippen LogP contribution in [0.4, 0.5) is 11.5 Å². The predicted octanol–water partition coefficient (Wildman–Crippen LogP) is 6.19. The van der Waals surface area contributed by atoms with Crippen molar-refractivity contribution in [1.82, 2.24) is 9.88 Å². The molecule has 8 heteroatoms. The molecular weight excluding hydrogens is 483 g/mol. The zero-order valence-corrected chi connectivity index (χ0v) is 22.4. The number of halogens is 2. The van der Waals surface area contributed by atoms with Crippen LogP contribution in [0.15, 0.2) is 36.4 Å². The van der Waals surface area contributed by atoms with E-state index in [9.17, 15) is 9.59 Å². The molecule has 1 aromatic carbocycles. The number of allylic oxidation sites excluding steroid dienone is 1. The largest absolute Gasteiger partial charge is 0.368 e. The van der Waals surface area contributed by atoms with Gasteiger partial charge in [0.2, 0.25) is 5.91 Å². The van der Waals surface area contributed by atoms with E-state index < -0.39 is 5.41 Å². The third-order valence-corrected chi connectivity index (χ3v) is 6.80. The van der Waals surface area contributed by atoms with Crippen molar-refractivity contribution in [2.75, 3.05) is 42.9 Å². The Hall–Kier alpha value is -2.41. The first-order valence-electron chi connectivity index (χ1n) is 12.0. The number of aromatic nitrogens is 1. The molecule has 1 aliphatic heterocycles. The van der Waals surface area contributed by atoms with Crippen molar-refractivity contribution in [3.63, 3.8) is 0 Å². The Balaban J connectivity index is 1.49. The minimum Gasteiger partial charge on any atom is -0.368 e. The number of carbonyl (C=O) groups is 2. The molecule has 6 nitrogen and oxygen atoms in total. The van der Waals surface area contributed by atoms with E-state index in [1.165, 1.54) is 6.92 Å². The number of carbonyl (C=O) groups excluding carboxylic acids is 2. The number of hydrogen-bond donors (Lipinski definition) is 1. The third kappa shape index (κ3) is 7.53. The monoisotopic (exact) mass is 516 g/mol. The maximum Gasteiger partial charge on any atom is 0.230 e. The average Bonchev–Trinajstić information content (AvgIpc) is 2.80. The van der Waals surface area contributed by atoms with E-state index in [2.05, 4.69) is 26.2 Å². The van der Waals surface area contributed by atoms with Crippen LogP contribution >= 0.6 is 23.2 Å². The van der Waals surface area contributed by atoms with Crippen molar-refractivity contribution < 1.29 is 9.59 Å². The lowest BCUT2D eigenvalue weighted by Crippen LogP contribution is -2.46.